The van der Waals surface area contributed by atoms with Crippen LogP contribution >= 0.6 is 11.6 Å². The highest BCUT2D eigenvalue weighted by molar-refractivity contribution is 6.31. The third-order valence-electron chi connectivity index (χ3n) is 3.47. The lowest BCUT2D eigenvalue weighted by Gasteiger charge is -2.11. The normalized spacial score (nSPS) is 16.7. The minimum atomic E-state index is 0.779. The van der Waals surface area contributed by atoms with Crippen LogP contribution < -0.4 is 0 Å². The van der Waals surface area contributed by atoms with Crippen LogP contribution in [-0.2, 0) is 17.6 Å². The number of aldehydes is 1. The molecule has 0 spiro atoms. The van der Waals surface area contributed by atoms with Gasteiger partial charge in [-0.15, -0.1) is 0 Å². The summed E-state index contributed by atoms with van der Waals surface area (Å²) < 4.78 is 0. The van der Waals surface area contributed by atoms with Gasteiger partial charge in [-0.3, -0.25) is 4.79 Å². The highest BCUT2D eigenvalue weighted by Gasteiger charge is 2.15. The predicted octanol–water partition coefficient (Wildman–Crippen LogP) is 3.14. The van der Waals surface area contributed by atoms with E-state index < -0.39 is 0 Å². The number of rotatable bonds is 3. The van der Waals surface area contributed by atoms with Crippen molar-refractivity contribution >= 4 is 24.0 Å². The van der Waals surface area contributed by atoms with Gasteiger partial charge in [-0.2, -0.15) is 0 Å². The van der Waals surface area contributed by atoms with E-state index in [1.165, 1.54) is 22.8 Å². The number of allylic oxidation sites excluding steroid dienone is 3. The van der Waals surface area contributed by atoms with Gasteiger partial charge in [0.2, 0.25) is 0 Å². The van der Waals surface area contributed by atoms with Gasteiger partial charge in [0.25, 0.3) is 0 Å². The Balaban J connectivity index is 2.33. The summed E-state index contributed by atoms with van der Waals surface area (Å²) in [6.45, 7) is 2.10. The van der Waals surface area contributed by atoms with E-state index in [9.17, 15) is 4.79 Å². The molecular formula is C16H18ClNO. The molecule has 1 aromatic rings. The summed E-state index contributed by atoms with van der Waals surface area (Å²) in [6.07, 6.45) is 9.96. The van der Waals surface area contributed by atoms with Gasteiger partial charge in [0.1, 0.15) is 6.29 Å². The molecule has 1 aliphatic rings. The Hall–Kier alpha value is -1.38. The van der Waals surface area contributed by atoms with Crippen molar-refractivity contribution < 1.29 is 4.79 Å². The zero-order valence-electron chi connectivity index (χ0n) is 11.1. The number of carbonyl (C=O) groups excluding carboxylic acids is 1. The number of benzene rings is 1. The van der Waals surface area contributed by atoms with Crippen molar-refractivity contribution in [3.63, 3.8) is 0 Å². The maximum atomic E-state index is 10.2. The van der Waals surface area contributed by atoms with Crippen molar-refractivity contribution in [1.82, 2.24) is 4.90 Å². The largest absolute Gasteiger partial charge is 0.306 e. The molecule has 0 N–H and O–H groups in total. The molecule has 0 radical (unpaired) electrons. The Morgan fingerprint density at radius 3 is 2.58 bits per heavy atom. The zero-order valence-corrected chi connectivity index (χ0v) is 11.9. The van der Waals surface area contributed by atoms with Crippen LogP contribution in [0.25, 0.3) is 6.08 Å². The molecular weight excluding hydrogens is 258 g/mol. The van der Waals surface area contributed by atoms with E-state index in [0.29, 0.717) is 0 Å². The van der Waals surface area contributed by atoms with Crippen LogP contribution in [0.5, 0.6) is 0 Å². The van der Waals surface area contributed by atoms with Crippen molar-refractivity contribution in [2.24, 2.45) is 0 Å². The second-order valence-corrected chi connectivity index (χ2v) is 5.18. The quantitative estimate of drug-likeness (QED) is 0.480. The molecule has 1 aliphatic heterocycles. The molecule has 0 fully saturated rings. The Labute approximate surface area is 119 Å². The second kappa shape index (κ2) is 6.69. The Morgan fingerprint density at radius 2 is 1.84 bits per heavy atom. The maximum Gasteiger partial charge on any atom is 0.142 e. The van der Waals surface area contributed by atoms with Crippen molar-refractivity contribution in [3.8, 4) is 0 Å². The maximum absolute atomic E-state index is 10.2. The fourth-order valence-corrected chi connectivity index (χ4v) is 2.66. The van der Waals surface area contributed by atoms with Gasteiger partial charge >= 0.3 is 0 Å². The molecule has 0 bridgehead atoms. The number of nitrogens with zero attached hydrogens (tertiary/aromatic N) is 1. The number of hydrogen-bond acceptors (Lipinski definition) is 2. The predicted molar refractivity (Wildman–Crippen MR) is 80.6 cm³/mol. The molecule has 2 nitrogen and oxygen atoms in total. The SMILES string of the molecule is CN1CCc2c(Cl)ccc(/C=C/C=C/C=O)c2CC1. The van der Waals surface area contributed by atoms with Gasteiger partial charge in [0.05, 0.1) is 0 Å². The summed E-state index contributed by atoms with van der Waals surface area (Å²) in [5.41, 5.74) is 3.81. The number of halogens is 1. The van der Waals surface area contributed by atoms with Crippen molar-refractivity contribution in [3.05, 3.63) is 52.1 Å². The minimum Gasteiger partial charge on any atom is -0.306 e. The van der Waals surface area contributed by atoms with Gasteiger partial charge < -0.3 is 4.90 Å². The van der Waals surface area contributed by atoms with E-state index >= 15 is 0 Å². The van der Waals surface area contributed by atoms with Crippen molar-refractivity contribution in [2.45, 2.75) is 12.8 Å². The Kier molecular flexibility index (Phi) is 4.94. The molecule has 0 amide bonds. The van der Waals surface area contributed by atoms with Gasteiger partial charge in [0, 0.05) is 18.1 Å². The average Bonchev–Trinajstić information content (AvgIpc) is 2.60. The van der Waals surface area contributed by atoms with E-state index in [4.69, 9.17) is 11.6 Å². The third-order valence-corrected chi connectivity index (χ3v) is 3.83. The molecule has 100 valence electrons. The van der Waals surface area contributed by atoms with Gasteiger partial charge in [0.15, 0.2) is 0 Å². The molecule has 1 heterocycles. The lowest BCUT2D eigenvalue weighted by atomic mass is 9.96. The monoisotopic (exact) mass is 275 g/mol. The van der Waals surface area contributed by atoms with Crippen LogP contribution in [0.15, 0.2) is 30.4 Å². The first-order valence-electron chi connectivity index (χ1n) is 6.49. The van der Waals surface area contributed by atoms with E-state index in [-0.39, 0.29) is 0 Å². The first-order chi connectivity index (χ1) is 9.22. The first-order valence-corrected chi connectivity index (χ1v) is 6.87. The minimum absolute atomic E-state index is 0.779. The molecule has 0 saturated heterocycles. The van der Waals surface area contributed by atoms with E-state index in [1.54, 1.807) is 6.08 Å². The molecule has 2 rings (SSSR count). The Bertz CT molecular complexity index is 520. The molecule has 0 unspecified atom stereocenters. The first kappa shape index (κ1) is 14.0. The molecule has 1 aromatic carbocycles. The highest BCUT2D eigenvalue weighted by Crippen LogP contribution is 2.27. The number of carbonyl (C=O) groups is 1. The fourth-order valence-electron chi connectivity index (χ4n) is 2.39. The number of fused-ring (bicyclic) bond motifs is 1. The lowest BCUT2D eigenvalue weighted by molar-refractivity contribution is -0.104. The van der Waals surface area contributed by atoms with E-state index in [0.717, 1.165) is 37.2 Å². The third kappa shape index (κ3) is 3.55. The van der Waals surface area contributed by atoms with E-state index in [2.05, 4.69) is 18.0 Å². The lowest BCUT2D eigenvalue weighted by Crippen LogP contribution is -2.20. The second-order valence-electron chi connectivity index (χ2n) is 4.78. The van der Waals surface area contributed by atoms with Gasteiger partial charge in [-0.1, -0.05) is 35.9 Å². The summed E-state index contributed by atoms with van der Waals surface area (Å²) in [4.78, 5) is 12.6. The molecule has 0 aromatic heterocycles. The summed E-state index contributed by atoms with van der Waals surface area (Å²) in [5, 5.41) is 0.867. The number of hydrogen-bond donors (Lipinski definition) is 0. The van der Waals surface area contributed by atoms with E-state index in [1.807, 2.05) is 18.2 Å². The van der Waals surface area contributed by atoms with Crippen molar-refractivity contribution in [1.29, 1.82) is 0 Å². The summed E-state index contributed by atoms with van der Waals surface area (Å²) in [6, 6.07) is 4.02. The summed E-state index contributed by atoms with van der Waals surface area (Å²) in [7, 11) is 2.14. The van der Waals surface area contributed by atoms with Crippen LogP contribution in [-0.4, -0.2) is 31.3 Å². The standard InChI is InChI=1S/C16H18ClNO/c1-18-10-8-14-13(5-3-2-4-12-19)6-7-16(17)15(14)9-11-18/h2-7,12H,8-11H2,1H3/b4-2+,5-3+. The Morgan fingerprint density at radius 1 is 1.11 bits per heavy atom. The van der Waals surface area contributed by atoms with Crippen LogP contribution in [0.3, 0.4) is 0 Å². The molecule has 0 aliphatic carbocycles. The average molecular weight is 276 g/mol. The zero-order chi connectivity index (χ0) is 13.7. The topological polar surface area (TPSA) is 20.3 Å². The van der Waals surface area contributed by atoms with Crippen molar-refractivity contribution in [2.75, 3.05) is 20.1 Å². The van der Waals surface area contributed by atoms with Gasteiger partial charge in [-0.05, 0) is 48.7 Å². The fraction of sp³-hybridized carbons (Fsp3) is 0.312. The van der Waals surface area contributed by atoms with Crippen LogP contribution in [0.1, 0.15) is 16.7 Å². The van der Waals surface area contributed by atoms with Crippen LogP contribution in [0, 0.1) is 0 Å². The highest BCUT2D eigenvalue weighted by atomic mass is 35.5. The van der Waals surface area contributed by atoms with Crippen LogP contribution in [0.4, 0.5) is 0 Å². The molecule has 0 atom stereocenters. The van der Waals surface area contributed by atoms with Gasteiger partial charge in [-0.25, -0.2) is 0 Å². The number of likely N-dealkylation sites (N-methyl/N-ethyl adjacent to an activating group) is 1. The molecule has 19 heavy (non-hydrogen) atoms. The smallest absolute Gasteiger partial charge is 0.142 e. The summed E-state index contributed by atoms with van der Waals surface area (Å²) >= 11 is 6.32. The summed E-state index contributed by atoms with van der Waals surface area (Å²) in [5.74, 6) is 0. The van der Waals surface area contributed by atoms with Crippen LogP contribution in [0.2, 0.25) is 5.02 Å². The molecule has 3 heteroatoms. The molecule has 0 saturated carbocycles.